The van der Waals surface area contributed by atoms with E-state index in [-0.39, 0.29) is 24.4 Å². The fourth-order valence-electron chi connectivity index (χ4n) is 5.37. The number of hydrogen-bond donors (Lipinski definition) is 0. The smallest absolute Gasteiger partial charge is 0.372 e. The Balaban J connectivity index is 1.70. The number of tetrazole rings is 1. The van der Waals surface area contributed by atoms with Crippen LogP contribution in [0.15, 0.2) is 23.8 Å². The van der Waals surface area contributed by atoms with Crippen LogP contribution < -0.4 is 9.80 Å². The third-order valence-corrected chi connectivity index (χ3v) is 7.48. The number of aromatic nitrogens is 4. The van der Waals surface area contributed by atoms with Gasteiger partial charge in [0.15, 0.2) is 0 Å². The molecule has 0 N–H and O–H groups in total. The van der Waals surface area contributed by atoms with E-state index in [9.17, 15) is 18.0 Å². The van der Waals surface area contributed by atoms with Crippen molar-refractivity contribution >= 4 is 17.5 Å². The van der Waals surface area contributed by atoms with Crippen molar-refractivity contribution in [2.24, 2.45) is 13.0 Å². The Kier molecular flexibility index (Phi) is 8.74. The number of alkyl halides is 3. The number of halogens is 3. The van der Waals surface area contributed by atoms with Gasteiger partial charge in [-0.05, 0) is 67.0 Å². The fourth-order valence-corrected chi connectivity index (χ4v) is 5.37. The summed E-state index contributed by atoms with van der Waals surface area (Å²) in [7, 11) is 1.67. The van der Waals surface area contributed by atoms with Gasteiger partial charge in [0.05, 0.1) is 26.7 Å². The fraction of sp³-hybridized carbons (Fsp3) is 0.630. The third kappa shape index (κ3) is 6.54. The summed E-state index contributed by atoms with van der Waals surface area (Å²) in [6, 6.07) is 4.15. The minimum absolute atomic E-state index is 0.0377. The number of benzene rings is 1. The zero-order valence-corrected chi connectivity index (χ0v) is 22.6. The van der Waals surface area contributed by atoms with E-state index in [1.165, 1.54) is 10.9 Å². The highest BCUT2D eigenvalue weighted by molar-refractivity contribution is 5.96. The first-order valence-electron chi connectivity index (χ1n) is 13.4. The third-order valence-electron chi connectivity index (χ3n) is 7.48. The molecule has 1 aromatic heterocycles. The lowest BCUT2D eigenvalue weighted by Gasteiger charge is -2.37. The predicted octanol–water partition coefficient (Wildman–Crippen LogP) is 5.12. The van der Waals surface area contributed by atoms with E-state index in [1.807, 2.05) is 23.6 Å². The average Bonchev–Trinajstić information content (AvgIpc) is 3.50. The number of amides is 1. The summed E-state index contributed by atoms with van der Waals surface area (Å²) in [6.45, 7) is 7.68. The van der Waals surface area contributed by atoms with Gasteiger partial charge in [0.1, 0.15) is 0 Å². The number of nitrogens with zero attached hydrogens (tertiary/aromatic N) is 6. The Morgan fingerprint density at radius 2 is 1.92 bits per heavy atom. The number of hydrogen-bond acceptors (Lipinski definition) is 6. The summed E-state index contributed by atoms with van der Waals surface area (Å²) in [6.07, 6.45) is -0.381. The summed E-state index contributed by atoms with van der Waals surface area (Å²) in [5.74, 6) is 0.491. The minimum atomic E-state index is -4.26. The molecular weight excluding hydrogens is 497 g/mol. The number of ether oxygens (including phenoxy) is 1. The number of carbonyl (C=O) groups is 1. The maximum absolute atomic E-state index is 13.6. The van der Waals surface area contributed by atoms with Gasteiger partial charge in [-0.25, -0.2) is 0 Å². The number of rotatable bonds is 8. The molecule has 208 valence electrons. The van der Waals surface area contributed by atoms with Crippen LogP contribution in [0, 0.1) is 5.92 Å². The molecule has 8 nitrogen and oxygen atoms in total. The molecule has 0 saturated heterocycles. The molecule has 38 heavy (non-hydrogen) atoms. The van der Waals surface area contributed by atoms with E-state index in [0.717, 1.165) is 48.1 Å². The van der Waals surface area contributed by atoms with Gasteiger partial charge in [-0.1, -0.05) is 36.7 Å². The number of aryl methyl sites for hydroxylation is 1. The normalized spacial score (nSPS) is 18.3. The average molecular weight is 535 g/mol. The van der Waals surface area contributed by atoms with Crippen LogP contribution in [-0.2, 0) is 36.2 Å². The Morgan fingerprint density at radius 3 is 2.55 bits per heavy atom. The van der Waals surface area contributed by atoms with E-state index < -0.39 is 12.6 Å². The van der Waals surface area contributed by atoms with Gasteiger partial charge in [0.25, 0.3) is 5.95 Å². The Bertz CT molecular complexity index is 1160. The lowest BCUT2D eigenvalue weighted by molar-refractivity contribution is -0.125. The summed E-state index contributed by atoms with van der Waals surface area (Å²) in [4.78, 5) is 18.8. The molecule has 0 fully saturated rings. The van der Waals surface area contributed by atoms with Crippen molar-refractivity contribution in [3.05, 3.63) is 40.5 Å². The van der Waals surface area contributed by atoms with Crippen LogP contribution >= 0.6 is 0 Å². The maximum Gasteiger partial charge on any atom is 0.392 e. The van der Waals surface area contributed by atoms with Gasteiger partial charge in [-0.3, -0.25) is 4.79 Å². The minimum Gasteiger partial charge on any atom is -0.372 e. The molecule has 0 bridgehead atoms. The van der Waals surface area contributed by atoms with Crippen molar-refractivity contribution in [1.29, 1.82) is 0 Å². The zero-order chi connectivity index (χ0) is 27.4. The molecule has 1 unspecified atom stereocenters. The number of anilines is 2. The van der Waals surface area contributed by atoms with Gasteiger partial charge in [-0.2, -0.15) is 18.0 Å². The summed E-state index contributed by atoms with van der Waals surface area (Å²) >= 11 is 0. The first-order chi connectivity index (χ1) is 18.1. The van der Waals surface area contributed by atoms with Gasteiger partial charge in [-0.15, -0.1) is 5.10 Å². The largest absolute Gasteiger partial charge is 0.392 e. The topological polar surface area (TPSA) is 76.4 Å². The van der Waals surface area contributed by atoms with Gasteiger partial charge >= 0.3 is 6.18 Å². The molecule has 1 amide bonds. The molecule has 2 aliphatic heterocycles. The van der Waals surface area contributed by atoms with Gasteiger partial charge < -0.3 is 14.5 Å². The van der Waals surface area contributed by atoms with E-state index >= 15 is 0 Å². The maximum atomic E-state index is 13.6. The molecule has 4 rings (SSSR count). The molecule has 11 heteroatoms. The first kappa shape index (κ1) is 28.1. The molecule has 0 saturated carbocycles. The van der Waals surface area contributed by atoms with Crippen LogP contribution in [0.5, 0.6) is 0 Å². The predicted molar refractivity (Wildman–Crippen MR) is 139 cm³/mol. The Morgan fingerprint density at radius 1 is 1.21 bits per heavy atom. The van der Waals surface area contributed by atoms with Crippen molar-refractivity contribution in [2.45, 2.75) is 84.7 Å². The van der Waals surface area contributed by atoms with Crippen LogP contribution in [-0.4, -0.2) is 51.4 Å². The van der Waals surface area contributed by atoms with Crippen LogP contribution in [0.1, 0.15) is 69.6 Å². The van der Waals surface area contributed by atoms with Crippen molar-refractivity contribution < 1.29 is 22.7 Å². The second-order valence-electron chi connectivity index (χ2n) is 10.3. The van der Waals surface area contributed by atoms with Crippen LogP contribution in [0.25, 0.3) is 0 Å². The number of fused-ring (bicyclic) bond motifs is 2. The second-order valence-corrected chi connectivity index (χ2v) is 10.3. The van der Waals surface area contributed by atoms with Crippen LogP contribution in [0.3, 0.4) is 0 Å². The molecular formula is C27H37F3N6O2. The molecule has 1 atom stereocenters. The van der Waals surface area contributed by atoms with Crippen molar-refractivity contribution in [3.63, 3.8) is 0 Å². The Labute approximate surface area is 221 Å². The van der Waals surface area contributed by atoms with E-state index in [0.29, 0.717) is 37.7 Å². The molecule has 0 spiro atoms. The monoisotopic (exact) mass is 534 g/mol. The highest BCUT2D eigenvalue weighted by Crippen LogP contribution is 2.35. The molecule has 3 heterocycles. The molecule has 2 aliphatic rings. The summed E-state index contributed by atoms with van der Waals surface area (Å²) < 4.78 is 44.3. The highest BCUT2D eigenvalue weighted by Gasteiger charge is 2.32. The summed E-state index contributed by atoms with van der Waals surface area (Å²) in [5.41, 5.74) is 4.74. The van der Waals surface area contributed by atoms with E-state index in [2.05, 4.69) is 27.5 Å². The SMILES string of the molecule is CCC(CC)C(=O)N1CCCC(N(C/C(C)=C/CC(F)(F)F)c2nnn(C)n2)Cc2cc3c(cc21)COC3. The molecule has 0 radical (unpaired) electrons. The quantitative estimate of drug-likeness (QED) is 0.438. The van der Waals surface area contributed by atoms with Crippen molar-refractivity contribution in [1.82, 2.24) is 20.2 Å². The number of allylic oxidation sites excluding steroid dienone is 1. The van der Waals surface area contributed by atoms with Crippen LogP contribution in [0.4, 0.5) is 24.8 Å². The van der Waals surface area contributed by atoms with E-state index in [4.69, 9.17) is 4.74 Å². The standard InChI is InChI=1S/C27H37F3N6O2/c1-5-19(6-2)25(37)35-11-7-8-23(13-20-12-21-16-38-17-22(21)14-24(20)35)36(26-31-33-34(4)32-26)15-18(3)9-10-27(28,29)30/h9,12,14,19,23H,5-8,10-11,13,15-17H2,1-4H3/b18-9+. The second kappa shape index (κ2) is 11.8. The van der Waals surface area contributed by atoms with E-state index in [1.54, 1.807) is 14.0 Å². The van der Waals surface area contributed by atoms with Crippen molar-refractivity contribution in [2.75, 3.05) is 22.9 Å². The van der Waals surface area contributed by atoms with Crippen LogP contribution in [0.2, 0.25) is 0 Å². The Hall–Kier alpha value is -2.95. The summed E-state index contributed by atoms with van der Waals surface area (Å²) in [5, 5.41) is 12.6. The van der Waals surface area contributed by atoms with Gasteiger partial charge in [0, 0.05) is 30.7 Å². The highest BCUT2D eigenvalue weighted by atomic mass is 19.4. The molecule has 1 aromatic carbocycles. The van der Waals surface area contributed by atoms with Gasteiger partial charge in [0.2, 0.25) is 5.91 Å². The number of carbonyl (C=O) groups excluding carboxylic acids is 1. The molecule has 2 aromatic rings. The lowest BCUT2D eigenvalue weighted by atomic mass is 9.91. The zero-order valence-electron chi connectivity index (χ0n) is 22.6. The lowest BCUT2D eigenvalue weighted by Crippen LogP contribution is -2.43. The first-order valence-corrected chi connectivity index (χ1v) is 13.4. The molecule has 0 aliphatic carbocycles. The van der Waals surface area contributed by atoms with Crippen molar-refractivity contribution in [3.8, 4) is 0 Å².